The Morgan fingerprint density at radius 3 is 1.92 bits per heavy atom. The van der Waals surface area contributed by atoms with E-state index in [0.717, 1.165) is 5.69 Å². The minimum absolute atomic E-state index is 1.07. The molecule has 0 unspecified atom stereocenters. The van der Waals surface area contributed by atoms with E-state index in [-0.39, 0.29) is 0 Å². The third-order valence-corrected chi connectivity index (χ3v) is 10.6. The zero-order valence-electron chi connectivity index (χ0n) is 15.9. The van der Waals surface area contributed by atoms with Crippen LogP contribution in [0, 0.1) is 0 Å². The predicted molar refractivity (Wildman–Crippen MR) is 116 cm³/mol. The Bertz CT molecular complexity index is 847. The predicted octanol–water partition coefficient (Wildman–Crippen LogP) is 4.12. The fraction of sp³-hybridized carbons (Fsp3) is 0.227. The molecular formula is C22H27NSi2. The number of pyridine rings is 1. The van der Waals surface area contributed by atoms with Crippen molar-refractivity contribution < 1.29 is 0 Å². The Hall–Kier alpha value is -1.98. The quantitative estimate of drug-likeness (QED) is 0.637. The molecule has 2 aromatic carbocycles. The van der Waals surface area contributed by atoms with Crippen LogP contribution in [0.3, 0.4) is 0 Å². The normalized spacial score (nSPS) is 12.2. The maximum atomic E-state index is 4.76. The van der Waals surface area contributed by atoms with Gasteiger partial charge in [0.25, 0.3) is 0 Å². The van der Waals surface area contributed by atoms with E-state index >= 15 is 0 Å². The molecule has 0 saturated carbocycles. The summed E-state index contributed by atoms with van der Waals surface area (Å²) < 4.78 is 0. The Morgan fingerprint density at radius 1 is 0.640 bits per heavy atom. The fourth-order valence-corrected chi connectivity index (χ4v) is 6.52. The smallest absolute Gasteiger partial charge is 0.112 e. The first-order chi connectivity index (χ1) is 11.8. The van der Waals surface area contributed by atoms with Crippen molar-refractivity contribution in [3.8, 4) is 11.3 Å². The lowest BCUT2D eigenvalue weighted by Crippen LogP contribution is -2.52. The molecule has 1 heterocycles. The molecule has 0 bridgehead atoms. The summed E-state index contributed by atoms with van der Waals surface area (Å²) in [4.78, 5) is 4.76. The zero-order chi connectivity index (χ0) is 18.1. The molecular weight excluding hydrogens is 334 g/mol. The summed E-state index contributed by atoms with van der Waals surface area (Å²) >= 11 is 0. The van der Waals surface area contributed by atoms with Crippen molar-refractivity contribution in [1.29, 1.82) is 0 Å². The van der Waals surface area contributed by atoms with Crippen LogP contribution in [0.5, 0.6) is 0 Å². The molecule has 128 valence electrons. The lowest BCUT2D eigenvalue weighted by atomic mass is 10.1. The number of hydrogen-bond donors (Lipinski definition) is 0. The van der Waals surface area contributed by atoms with Crippen molar-refractivity contribution in [3.63, 3.8) is 0 Å². The zero-order valence-corrected chi connectivity index (χ0v) is 17.9. The van der Waals surface area contributed by atoms with E-state index in [4.69, 9.17) is 4.98 Å². The topological polar surface area (TPSA) is 12.9 Å². The van der Waals surface area contributed by atoms with Crippen LogP contribution in [0.2, 0.25) is 32.7 Å². The van der Waals surface area contributed by atoms with Crippen molar-refractivity contribution in [2.75, 3.05) is 0 Å². The monoisotopic (exact) mass is 361 g/mol. The molecule has 0 N–H and O–H groups in total. The van der Waals surface area contributed by atoms with Crippen LogP contribution in [0.25, 0.3) is 11.3 Å². The van der Waals surface area contributed by atoms with Crippen molar-refractivity contribution >= 4 is 31.7 Å². The van der Waals surface area contributed by atoms with Gasteiger partial charge in [-0.2, -0.15) is 0 Å². The molecule has 3 aromatic rings. The van der Waals surface area contributed by atoms with Gasteiger partial charge in [-0.1, -0.05) is 104 Å². The van der Waals surface area contributed by atoms with Gasteiger partial charge in [0.2, 0.25) is 0 Å². The first-order valence-corrected chi connectivity index (χ1v) is 15.4. The van der Waals surface area contributed by atoms with E-state index in [0.29, 0.717) is 0 Å². The molecule has 0 aliphatic carbocycles. The van der Waals surface area contributed by atoms with Crippen molar-refractivity contribution in [3.05, 3.63) is 72.9 Å². The van der Waals surface area contributed by atoms with Crippen LogP contribution in [-0.2, 0) is 0 Å². The van der Waals surface area contributed by atoms with Gasteiger partial charge >= 0.3 is 0 Å². The average molecular weight is 362 g/mol. The summed E-state index contributed by atoms with van der Waals surface area (Å²) in [7, 11) is -2.98. The van der Waals surface area contributed by atoms with Crippen LogP contribution in [-0.4, -0.2) is 21.1 Å². The summed E-state index contributed by atoms with van der Waals surface area (Å²) in [5, 5.41) is 4.33. The number of aromatic nitrogens is 1. The highest BCUT2D eigenvalue weighted by Crippen LogP contribution is 2.17. The van der Waals surface area contributed by atoms with Crippen LogP contribution in [0.4, 0.5) is 0 Å². The summed E-state index contributed by atoms with van der Waals surface area (Å²) in [6.07, 6.45) is 2.08. The van der Waals surface area contributed by atoms with Gasteiger partial charge in [0.05, 0.1) is 13.8 Å². The highest BCUT2D eigenvalue weighted by molar-refractivity contribution is 7.00. The largest absolute Gasteiger partial charge is 0.256 e. The van der Waals surface area contributed by atoms with Gasteiger partial charge in [0, 0.05) is 6.20 Å². The minimum Gasteiger partial charge on any atom is -0.256 e. The summed E-state index contributed by atoms with van der Waals surface area (Å²) in [5.74, 6) is 0. The molecule has 3 rings (SSSR count). The van der Waals surface area contributed by atoms with Crippen molar-refractivity contribution in [2.24, 2.45) is 0 Å². The van der Waals surface area contributed by atoms with Gasteiger partial charge in [-0.3, -0.25) is 4.98 Å². The second-order valence-electron chi connectivity index (χ2n) is 8.25. The molecule has 25 heavy (non-hydrogen) atoms. The first kappa shape index (κ1) is 17.8. The summed E-state index contributed by atoms with van der Waals surface area (Å²) in [5.41, 5.74) is 2.29. The lowest BCUT2D eigenvalue weighted by Gasteiger charge is -2.24. The van der Waals surface area contributed by atoms with Gasteiger partial charge in [0.15, 0.2) is 0 Å². The van der Waals surface area contributed by atoms with E-state index in [1.54, 1.807) is 0 Å². The maximum Gasteiger partial charge on any atom is 0.112 e. The molecule has 0 spiro atoms. The van der Waals surface area contributed by atoms with Gasteiger partial charge in [0.1, 0.15) is 8.07 Å². The Balaban J connectivity index is 1.97. The van der Waals surface area contributed by atoms with Crippen LogP contribution >= 0.6 is 0 Å². The second-order valence-corrected chi connectivity index (χ2v) is 17.7. The number of rotatable bonds is 4. The van der Waals surface area contributed by atoms with Gasteiger partial charge in [-0.15, -0.1) is 0 Å². The average Bonchev–Trinajstić information content (AvgIpc) is 2.62. The molecule has 0 atom stereocenters. The fourth-order valence-electron chi connectivity index (χ4n) is 3.10. The molecule has 0 aliphatic rings. The van der Waals surface area contributed by atoms with Gasteiger partial charge in [-0.25, -0.2) is 0 Å². The molecule has 1 nitrogen and oxygen atoms in total. The third kappa shape index (κ3) is 3.83. The second kappa shape index (κ2) is 6.73. The molecule has 0 amide bonds. The van der Waals surface area contributed by atoms with Crippen molar-refractivity contribution in [1.82, 2.24) is 4.98 Å². The molecule has 3 heteroatoms. The van der Waals surface area contributed by atoms with E-state index in [9.17, 15) is 0 Å². The van der Waals surface area contributed by atoms with E-state index < -0.39 is 16.1 Å². The molecule has 0 fully saturated rings. The summed E-state index contributed by atoms with van der Waals surface area (Å²) in [6, 6.07) is 24.3. The highest BCUT2D eigenvalue weighted by atomic mass is 28.3. The summed E-state index contributed by atoms with van der Waals surface area (Å²) in [6.45, 7) is 11.9. The number of nitrogens with zero attached hydrogens (tertiary/aromatic N) is 1. The van der Waals surface area contributed by atoms with Crippen molar-refractivity contribution in [2.45, 2.75) is 32.7 Å². The van der Waals surface area contributed by atoms with Crippen LogP contribution in [0.1, 0.15) is 0 Å². The van der Waals surface area contributed by atoms with Crippen LogP contribution in [0.15, 0.2) is 72.9 Å². The Kier molecular flexibility index (Phi) is 4.80. The number of hydrogen-bond acceptors (Lipinski definition) is 1. The molecule has 0 aliphatic heterocycles. The maximum absolute atomic E-state index is 4.76. The minimum atomic E-state index is -1.68. The molecule has 0 saturated heterocycles. The van der Waals surface area contributed by atoms with Gasteiger partial charge < -0.3 is 0 Å². The van der Waals surface area contributed by atoms with Gasteiger partial charge in [-0.05, 0) is 16.8 Å². The highest BCUT2D eigenvalue weighted by Gasteiger charge is 2.26. The lowest BCUT2D eigenvalue weighted by molar-refractivity contribution is 1.34. The Morgan fingerprint density at radius 2 is 1.32 bits per heavy atom. The third-order valence-electron chi connectivity index (χ3n) is 5.01. The van der Waals surface area contributed by atoms with E-state index in [2.05, 4.69) is 106 Å². The number of benzene rings is 2. The van der Waals surface area contributed by atoms with E-state index in [1.165, 1.54) is 21.1 Å². The van der Waals surface area contributed by atoms with Crippen LogP contribution < -0.4 is 15.6 Å². The standard InChI is InChI=1S/C22H27NSi2/c1-24(2,3)21-14-15-22(23-17-21)18-10-9-13-20(16-18)25(4,5)19-11-7-6-8-12-19/h6-17H,1-5H3. The first-order valence-electron chi connectivity index (χ1n) is 8.91. The SMILES string of the molecule is C[Si](C)(C)c1ccc(-c2cccc([Si](C)(C)c3ccccc3)c2)nc1. The molecule has 0 radical (unpaired) electrons. The Labute approximate surface area is 153 Å². The van der Waals surface area contributed by atoms with E-state index in [1.807, 2.05) is 0 Å². The molecule has 1 aromatic heterocycles.